The van der Waals surface area contributed by atoms with E-state index in [4.69, 9.17) is 15.6 Å². The molecule has 2 rings (SSSR count). The molecule has 0 unspecified atom stereocenters. The Kier molecular flexibility index (Phi) is 4.14. The number of rotatable bonds is 4. The largest absolute Gasteiger partial charge is 0.496 e. The van der Waals surface area contributed by atoms with Gasteiger partial charge in [-0.3, -0.25) is 0 Å². The number of halogens is 1. The molecule has 0 bridgehead atoms. The number of nitrogens with one attached hydrogen (secondary N) is 1. The Morgan fingerprint density at radius 1 is 1.30 bits per heavy atom. The van der Waals surface area contributed by atoms with Crippen molar-refractivity contribution in [1.82, 2.24) is 0 Å². The van der Waals surface area contributed by atoms with Gasteiger partial charge in [0.05, 0.1) is 28.5 Å². The van der Waals surface area contributed by atoms with Gasteiger partial charge in [-0.05, 0) is 52.3 Å². The average molecular weight is 337 g/mol. The standard InChI is InChI=1S/C14H13BrN2O3/c1-20-13-5-3-9(7-10(13)15)17-12-4-2-8(14(18)19)6-11(12)16/h2-7,17H,16H2,1H3,(H,18,19). The Bertz CT molecular complexity index is 659. The zero-order chi connectivity index (χ0) is 14.7. The molecule has 0 spiro atoms. The van der Waals surface area contributed by atoms with E-state index in [9.17, 15) is 4.79 Å². The molecule has 20 heavy (non-hydrogen) atoms. The number of methoxy groups -OCH3 is 1. The molecule has 0 saturated heterocycles. The molecule has 0 aliphatic heterocycles. The lowest BCUT2D eigenvalue weighted by molar-refractivity contribution is 0.0697. The number of hydrogen-bond acceptors (Lipinski definition) is 4. The molecule has 0 heterocycles. The van der Waals surface area contributed by atoms with E-state index in [0.29, 0.717) is 11.4 Å². The van der Waals surface area contributed by atoms with Crippen LogP contribution in [-0.2, 0) is 0 Å². The molecular formula is C14H13BrN2O3. The number of carbonyl (C=O) groups is 1. The number of benzene rings is 2. The van der Waals surface area contributed by atoms with Crippen LogP contribution in [-0.4, -0.2) is 18.2 Å². The normalized spacial score (nSPS) is 10.1. The summed E-state index contributed by atoms with van der Waals surface area (Å²) in [6.07, 6.45) is 0. The van der Waals surface area contributed by atoms with Crippen LogP contribution in [0, 0.1) is 0 Å². The molecule has 2 aromatic carbocycles. The molecular weight excluding hydrogens is 324 g/mol. The van der Waals surface area contributed by atoms with Crippen LogP contribution in [0.15, 0.2) is 40.9 Å². The van der Waals surface area contributed by atoms with Crippen molar-refractivity contribution in [1.29, 1.82) is 0 Å². The van der Waals surface area contributed by atoms with Crippen molar-refractivity contribution in [3.05, 3.63) is 46.4 Å². The van der Waals surface area contributed by atoms with Gasteiger partial charge in [0.15, 0.2) is 0 Å². The van der Waals surface area contributed by atoms with Crippen LogP contribution in [0.25, 0.3) is 0 Å². The number of nitrogens with two attached hydrogens (primary N) is 1. The Morgan fingerprint density at radius 2 is 2.05 bits per heavy atom. The number of anilines is 3. The molecule has 0 saturated carbocycles. The summed E-state index contributed by atoms with van der Waals surface area (Å²) in [6.45, 7) is 0. The Hall–Kier alpha value is -2.21. The highest BCUT2D eigenvalue weighted by Crippen LogP contribution is 2.30. The minimum Gasteiger partial charge on any atom is -0.496 e. The molecule has 0 amide bonds. The predicted octanol–water partition coefficient (Wildman–Crippen LogP) is 3.48. The number of nitrogen functional groups attached to an aromatic ring is 1. The van der Waals surface area contributed by atoms with E-state index in [1.807, 2.05) is 18.2 Å². The molecule has 5 nitrogen and oxygen atoms in total. The number of carboxylic acids is 1. The number of hydrogen-bond donors (Lipinski definition) is 3. The second kappa shape index (κ2) is 5.83. The molecule has 0 atom stereocenters. The third kappa shape index (κ3) is 3.03. The quantitative estimate of drug-likeness (QED) is 0.744. The molecule has 0 fully saturated rings. The van der Waals surface area contributed by atoms with E-state index in [1.54, 1.807) is 13.2 Å². The van der Waals surface area contributed by atoms with Gasteiger partial charge in [-0.15, -0.1) is 0 Å². The van der Waals surface area contributed by atoms with Gasteiger partial charge < -0.3 is 20.9 Å². The highest BCUT2D eigenvalue weighted by Gasteiger charge is 2.07. The first kappa shape index (κ1) is 14.2. The Labute approximate surface area is 124 Å². The van der Waals surface area contributed by atoms with E-state index < -0.39 is 5.97 Å². The molecule has 0 aromatic heterocycles. The summed E-state index contributed by atoms with van der Waals surface area (Å²) in [7, 11) is 1.59. The summed E-state index contributed by atoms with van der Waals surface area (Å²) in [4.78, 5) is 10.8. The number of carboxylic acid groups (broad SMARTS) is 1. The van der Waals surface area contributed by atoms with Gasteiger partial charge in [0.2, 0.25) is 0 Å². The topological polar surface area (TPSA) is 84.6 Å². The van der Waals surface area contributed by atoms with Gasteiger partial charge >= 0.3 is 5.97 Å². The SMILES string of the molecule is COc1ccc(Nc2ccc(C(=O)O)cc2N)cc1Br. The van der Waals surface area contributed by atoms with Crippen LogP contribution < -0.4 is 15.8 Å². The number of aromatic carboxylic acids is 1. The molecule has 2 aromatic rings. The highest BCUT2D eigenvalue weighted by molar-refractivity contribution is 9.10. The predicted molar refractivity (Wildman–Crippen MR) is 81.8 cm³/mol. The van der Waals surface area contributed by atoms with Crippen molar-refractivity contribution in [2.24, 2.45) is 0 Å². The fourth-order valence-electron chi connectivity index (χ4n) is 1.71. The van der Waals surface area contributed by atoms with Crippen LogP contribution in [0.1, 0.15) is 10.4 Å². The lowest BCUT2D eigenvalue weighted by atomic mass is 10.1. The fraction of sp³-hybridized carbons (Fsp3) is 0.0714. The molecule has 104 valence electrons. The molecule has 0 aliphatic carbocycles. The van der Waals surface area contributed by atoms with E-state index in [2.05, 4.69) is 21.2 Å². The molecule has 4 N–H and O–H groups in total. The maximum Gasteiger partial charge on any atom is 0.335 e. The molecule has 0 aliphatic rings. The summed E-state index contributed by atoms with van der Waals surface area (Å²) in [5, 5.41) is 12.0. The summed E-state index contributed by atoms with van der Waals surface area (Å²) in [5.74, 6) is -0.278. The summed E-state index contributed by atoms with van der Waals surface area (Å²) < 4.78 is 5.96. The molecule has 6 heteroatoms. The minimum absolute atomic E-state index is 0.156. The number of ether oxygens (including phenoxy) is 1. The first-order valence-corrected chi connectivity index (χ1v) is 6.54. The van der Waals surface area contributed by atoms with Crippen molar-refractivity contribution in [2.45, 2.75) is 0 Å². The third-order valence-electron chi connectivity index (χ3n) is 2.73. The zero-order valence-electron chi connectivity index (χ0n) is 10.7. The van der Waals surface area contributed by atoms with E-state index in [-0.39, 0.29) is 5.56 Å². The highest BCUT2D eigenvalue weighted by atomic mass is 79.9. The second-order valence-corrected chi connectivity index (χ2v) is 4.94. The van der Waals surface area contributed by atoms with Gasteiger partial charge in [-0.2, -0.15) is 0 Å². The first-order chi connectivity index (χ1) is 9.51. The maximum absolute atomic E-state index is 10.8. The van der Waals surface area contributed by atoms with Crippen molar-refractivity contribution < 1.29 is 14.6 Å². The fourth-order valence-corrected chi connectivity index (χ4v) is 2.25. The lowest BCUT2D eigenvalue weighted by Crippen LogP contribution is -2.01. The van der Waals surface area contributed by atoms with Crippen LogP contribution in [0.2, 0.25) is 0 Å². The Balaban J connectivity index is 2.26. The van der Waals surface area contributed by atoms with Crippen LogP contribution in [0.5, 0.6) is 5.75 Å². The first-order valence-electron chi connectivity index (χ1n) is 5.74. The van der Waals surface area contributed by atoms with E-state index in [0.717, 1.165) is 15.9 Å². The van der Waals surface area contributed by atoms with Gasteiger partial charge in [-0.1, -0.05) is 0 Å². The molecule has 0 radical (unpaired) electrons. The lowest BCUT2D eigenvalue weighted by Gasteiger charge is -2.11. The zero-order valence-corrected chi connectivity index (χ0v) is 12.3. The van der Waals surface area contributed by atoms with E-state index >= 15 is 0 Å². The van der Waals surface area contributed by atoms with E-state index in [1.165, 1.54) is 12.1 Å². The van der Waals surface area contributed by atoms with Crippen molar-refractivity contribution in [3.8, 4) is 5.75 Å². The van der Waals surface area contributed by atoms with Gasteiger partial charge in [0, 0.05) is 5.69 Å². The van der Waals surface area contributed by atoms with Gasteiger partial charge in [0.1, 0.15) is 5.75 Å². The summed E-state index contributed by atoms with van der Waals surface area (Å²) in [5.41, 5.74) is 7.83. The maximum atomic E-state index is 10.8. The Morgan fingerprint density at radius 3 is 2.60 bits per heavy atom. The summed E-state index contributed by atoms with van der Waals surface area (Å²) >= 11 is 3.40. The minimum atomic E-state index is -1.00. The van der Waals surface area contributed by atoms with Crippen LogP contribution in [0.4, 0.5) is 17.1 Å². The second-order valence-electron chi connectivity index (χ2n) is 4.08. The van der Waals surface area contributed by atoms with Gasteiger partial charge in [0.25, 0.3) is 0 Å². The third-order valence-corrected chi connectivity index (χ3v) is 3.35. The average Bonchev–Trinajstić information content (AvgIpc) is 2.41. The van der Waals surface area contributed by atoms with Crippen molar-refractivity contribution >= 4 is 39.0 Å². The smallest absolute Gasteiger partial charge is 0.335 e. The van der Waals surface area contributed by atoms with Crippen molar-refractivity contribution in [2.75, 3.05) is 18.2 Å². The monoisotopic (exact) mass is 336 g/mol. The van der Waals surface area contributed by atoms with Crippen molar-refractivity contribution in [3.63, 3.8) is 0 Å². The van der Waals surface area contributed by atoms with Gasteiger partial charge in [-0.25, -0.2) is 4.79 Å². The summed E-state index contributed by atoms with van der Waals surface area (Å²) in [6, 6.07) is 10.1. The van der Waals surface area contributed by atoms with Crippen LogP contribution in [0.3, 0.4) is 0 Å². The van der Waals surface area contributed by atoms with Crippen LogP contribution >= 0.6 is 15.9 Å².